The van der Waals surface area contributed by atoms with Crippen LogP contribution in [0.2, 0.25) is 0 Å². The van der Waals surface area contributed by atoms with E-state index in [2.05, 4.69) is 17.4 Å². The average Bonchev–Trinajstić information content (AvgIpc) is 2.52. The van der Waals surface area contributed by atoms with Gasteiger partial charge in [-0.15, -0.1) is 0 Å². The van der Waals surface area contributed by atoms with E-state index in [0.717, 1.165) is 25.0 Å². The van der Waals surface area contributed by atoms with E-state index < -0.39 is 0 Å². The summed E-state index contributed by atoms with van der Waals surface area (Å²) in [4.78, 5) is 11.9. The summed E-state index contributed by atoms with van der Waals surface area (Å²) in [7, 11) is 1.69. The Labute approximate surface area is 126 Å². The van der Waals surface area contributed by atoms with Crippen LogP contribution in [0, 0.1) is 0 Å². The molecule has 4 heteroatoms. The number of amides is 1. The minimum absolute atomic E-state index is 0.0301. The average molecular weight is 291 g/mol. The second-order valence-corrected chi connectivity index (χ2v) is 5.50. The highest BCUT2D eigenvalue weighted by Gasteiger charge is 2.22. The van der Waals surface area contributed by atoms with Gasteiger partial charge < -0.3 is 14.8 Å². The maximum Gasteiger partial charge on any atom is 0.248 e. The zero-order chi connectivity index (χ0) is 15.2. The molecule has 1 aliphatic carbocycles. The zero-order valence-corrected chi connectivity index (χ0v) is 13.1. The van der Waals surface area contributed by atoms with Gasteiger partial charge in [0.25, 0.3) is 0 Å². The maximum atomic E-state index is 11.9. The molecular formula is C17H25NO3. The molecule has 1 amide bonds. The van der Waals surface area contributed by atoms with Crippen LogP contribution >= 0.6 is 0 Å². The minimum atomic E-state index is -0.381. The van der Waals surface area contributed by atoms with Crippen LogP contribution in [0.3, 0.4) is 0 Å². The number of carbonyl (C=O) groups is 1. The molecule has 1 aromatic rings. The van der Waals surface area contributed by atoms with Crippen LogP contribution in [0.5, 0.6) is 5.75 Å². The summed E-state index contributed by atoms with van der Waals surface area (Å²) in [5.41, 5.74) is 2.68. The highest BCUT2D eigenvalue weighted by atomic mass is 16.5. The molecule has 0 bridgehead atoms. The summed E-state index contributed by atoms with van der Waals surface area (Å²) >= 11 is 0. The van der Waals surface area contributed by atoms with Gasteiger partial charge in [-0.05, 0) is 56.4 Å². The van der Waals surface area contributed by atoms with Crippen LogP contribution < -0.4 is 10.1 Å². The predicted octanol–water partition coefficient (Wildman–Crippen LogP) is 2.66. The Balaban J connectivity index is 1.98. The second kappa shape index (κ2) is 7.46. The summed E-state index contributed by atoms with van der Waals surface area (Å²) in [6.07, 6.45) is 2.98. The lowest BCUT2D eigenvalue weighted by atomic mass is 9.82. The summed E-state index contributed by atoms with van der Waals surface area (Å²) in [6.45, 7) is 4.92. The molecule has 0 fully saturated rings. The lowest BCUT2D eigenvalue weighted by Crippen LogP contribution is -2.37. The van der Waals surface area contributed by atoms with E-state index in [4.69, 9.17) is 9.47 Å². The fraction of sp³-hybridized carbons (Fsp3) is 0.588. The number of benzene rings is 1. The number of fused-ring (bicyclic) bond motifs is 1. The van der Waals surface area contributed by atoms with Gasteiger partial charge >= 0.3 is 0 Å². The molecule has 0 heterocycles. The van der Waals surface area contributed by atoms with E-state index in [0.29, 0.717) is 19.1 Å². The quantitative estimate of drug-likeness (QED) is 0.876. The first-order valence-electron chi connectivity index (χ1n) is 7.71. The smallest absolute Gasteiger partial charge is 0.248 e. The fourth-order valence-electron chi connectivity index (χ4n) is 2.92. The number of ether oxygens (including phenoxy) is 2. The summed E-state index contributed by atoms with van der Waals surface area (Å²) in [5, 5.41) is 3.01. The molecule has 116 valence electrons. The van der Waals surface area contributed by atoms with Crippen molar-refractivity contribution in [3.05, 3.63) is 29.3 Å². The number of nitrogens with one attached hydrogen (secondary N) is 1. The van der Waals surface area contributed by atoms with Crippen LogP contribution in [0.15, 0.2) is 18.2 Å². The van der Waals surface area contributed by atoms with E-state index in [1.165, 1.54) is 11.1 Å². The molecule has 2 rings (SSSR count). The van der Waals surface area contributed by atoms with Crippen molar-refractivity contribution < 1.29 is 14.3 Å². The summed E-state index contributed by atoms with van der Waals surface area (Å²) < 4.78 is 10.6. The van der Waals surface area contributed by atoms with E-state index in [1.54, 1.807) is 14.0 Å². The molecule has 1 aliphatic rings. The molecule has 2 atom stereocenters. The van der Waals surface area contributed by atoms with Crippen molar-refractivity contribution in [1.29, 1.82) is 0 Å². The Hall–Kier alpha value is -1.55. The Morgan fingerprint density at radius 2 is 2.29 bits per heavy atom. The van der Waals surface area contributed by atoms with Gasteiger partial charge in [0.2, 0.25) is 5.91 Å². The molecule has 2 unspecified atom stereocenters. The lowest BCUT2D eigenvalue weighted by molar-refractivity contribution is -0.131. The highest BCUT2D eigenvalue weighted by molar-refractivity contribution is 5.80. The number of hydrogen-bond acceptors (Lipinski definition) is 3. The van der Waals surface area contributed by atoms with Gasteiger partial charge in [-0.3, -0.25) is 4.79 Å². The highest BCUT2D eigenvalue weighted by Crippen LogP contribution is 2.33. The second-order valence-electron chi connectivity index (χ2n) is 5.50. The number of hydrogen-bond donors (Lipinski definition) is 1. The lowest BCUT2D eigenvalue weighted by Gasteiger charge is -2.26. The zero-order valence-electron chi connectivity index (χ0n) is 13.1. The van der Waals surface area contributed by atoms with E-state index in [9.17, 15) is 4.79 Å². The summed E-state index contributed by atoms with van der Waals surface area (Å²) in [5.74, 6) is 1.26. The molecule has 1 aromatic carbocycles. The molecule has 0 saturated carbocycles. The number of methoxy groups -OCH3 is 1. The van der Waals surface area contributed by atoms with Crippen molar-refractivity contribution in [2.45, 2.75) is 45.1 Å². The molecule has 0 saturated heterocycles. The van der Waals surface area contributed by atoms with Gasteiger partial charge in [-0.2, -0.15) is 0 Å². The minimum Gasteiger partial charge on any atom is -0.497 e. The third-order valence-electron chi connectivity index (χ3n) is 4.10. The molecular weight excluding hydrogens is 266 g/mol. The van der Waals surface area contributed by atoms with Gasteiger partial charge in [-0.25, -0.2) is 0 Å². The Morgan fingerprint density at radius 3 is 3.00 bits per heavy atom. The van der Waals surface area contributed by atoms with Gasteiger partial charge in [0, 0.05) is 19.1 Å². The molecule has 4 nitrogen and oxygen atoms in total. The van der Waals surface area contributed by atoms with E-state index in [1.807, 2.05) is 13.0 Å². The third kappa shape index (κ3) is 3.97. The van der Waals surface area contributed by atoms with Crippen LogP contribution in [0.25, 0.3) is 0 Å². The topological polar surface area (TPSA) is 47.6 Å². The molecule has 0 aromatic heterocycles. The van der Waals surface area contributed by atoms with Crippen molar-refractivity contribution in [2.75, 3.05) is 20.3 Å². The Bertz CT molecular complexity index is 487. The standard InChI is InChI=1S/C17H25NO3/c1-4-21-12(2)17(19)18-11-14-7-5-6-13-10-15(20-3)8-9-16(13)14/h8-10,12,14H,4-7,11H2,1-3H3,(H,18,19). The van der Waals surface area contributed by atoms with E-state index >= 15 is 0 Å². The van der Waals surface area contributed by atoms with Crippen LogP contribution in [0.4, 0.5) is 0 Å². The largest absolute Gasteiger partial charge is 0.497 e. The predicted molar refractivity (Wildman–Crippen MR) is 82.8 cm³/mol. The van der Waals surface area contributed by atoms with Crippen LogP contribution in [-0.2, 0) is 16.0 Å². The molecule has 0 radical (unpaired) electrons. The van der Waals surface area contributed by atoms with Crippen molar-refractivity contribution in [2.24, 2.45) is 0 Å². The Morgan fingerprint density at radius 1 is 1.48 bits per heavy atom. The molecule has 0 spiro atoms. The summed E-state index contributed by atoms with van der Waals surface area (Å²) in [6, 6.07) is 6.25. The monoisotopic (exact) mass is 291 g/mol. The van der Waals surface area contributed by atoms with Gasteiger partial charge in [0.1, 0.15) is 11.9 Å². The first kappa shape index (κ1) is 15.8. The van der Waals surface area contributed by atoms with Crippen LogP contribution in [-0.4, -0.2) is 32.3 Å². The SMILES string of the molecule is CCOC(C)C(=O)NCC1CCCc2cc(OC)ccc21. The van der Waals surface area contributed by atoms with Crippen LogP contribution in [0.1, 0.15) is 43.7 Å². The molecule has 0 aliphatic heterocycles. The van der Waals surface area contributed by atoms with Gasteiger partial charge in [0.15, 0.2) is 0 Å². The number of carbonyl (C=O) groups excluding carboxylic acids is 1. The fourth-order valence-corrected chi connectivity index (χ4v) is 2.92. The number of rotatable bonds is 6. The van der Waals surface area contributed by atoms with Crippen molar-refractivity contribution in [1.82, 2.24) is 5.32 Å². The van der Waals surface area contributed by atoms with Crippen molar-refractivity contribution >= 4 is 5.91 Å². The first-order chi connectivity index (χ1) is 10.2. The first-order valence-corrected chi connectivity index (χ1v) is 7.71. The van der Waals surface area contributed by atoms with Gasteiger partial charge in [-0.1, -0.05) is 6.07 Å². The molecule has 21 heavy (non-hydrogen) atoms. The Kier molecular flexibility index (Phi) is 5.62. The van der Waals surface area contributed by atoms with Crippen molar-refractivity contribution in [3.8, 4) is 5.75 Å². The number of aryl methyl sites for hydroxylation is 1. The normalized spacial score (nSPS) is 18.7. The van der Waals surface area contributed by atoms with Gasteiger partial charge in [0.05, 0.1) is 7.11 Å². The van der Waals surface area contributed by atoms with Crippen molar-refractivity contribution in [3.63, 3.8) is 0 Å². The third-order valence-corrected chi connectivity index (χ3v) is 4.10. The molecule has 1 N–H and O–H groups in total. The maximum absolute atomic E-state index is 11.9. The van der Waals surface area contributed by atoms with E-state index in [-0.39, 0.29) is 12.0 Å².